The first-order valence-corrected chi connectivity index (χ1v) is 24.8. The van der Waals surface area contributed by atoms with E-state index in [1.807, 2.05) is 72.8 Å². The van der Waals surface area contributed by atoms with Crippen LogP contribution in [-0.4, -0.2) is 96.1 Å². The second-order valence-corrected chi connectivity index (χ2v) is 19.7. The number of nitrogens with zero attached hydrogens (tertiary/aromatic N) is 4. The number of amides is 2. The number of hydrogen-bond acceptors (Lipinski definition) is 7. The first-order chi connectivity index (χ1) is 32.4. The number of carboxylic acids is 2. The number of rotatable bonds is 12. The van der Waals surface area contributed by atoms with Crippen molar-refractivity contribution in [2.75, 3.05) is 62.2 Å². The molecule has 0 bridgehead atoms. The third-order valence-electron chi connectivity index (χ3n) is 12.9. The Kier molecular flexibility index (Phi) is 15.7. The lowest BCUT2D eigenvalue weighted by atomic mass is 9.95. The summed E-state index contributed by atoms with van der Waals surface area (Å²) in [7, 11) is 0. The van der Waals surface area contributed by atoms with Crippen molar-refractivity contribution in [1.82, 2.24) is 9.80 Å². The Hall–Kier alpha value is -5.17. The number of aliphatic carboxylic acids is 2. The van der Waals surface area contributed by atoms with Crippen molar-refractivity contribution in [3.63, 3.8) is 0 Å². The molecule has 15 heteroatoms. The Morgan fingerprint density at radius 2 is 0.940 bits per heavy atom. The molecule has 0 unspecified atom stereocenters. The fourth-order valence-electron chi connectivity index (χ4n) is 9.02. The first kappa shape index (κ1) is 48.3. The lowest BCUT2D eigenvalue weighted by molar-refractivity contribution is -0.143. The predicted molar refractivity (Wildman–Crippen MR) is 272 cm³/mol. The summed E-state index contributed by atoms with van der Waals surface area (Å²) in [6.07, 6.45) is 18.3. The summed E-state index contributed by atoms with van der Waals surface area (Å²) >= 11 is 30.2. The highest BCUT2D eigenvalue weighted by Gasteiger charge is 2.28. The molecular formula is C52H50Cl4N4O6S. The van der Waals surface area contributed by atoms with Crippen molar-refractivity contribution in [2.24, 2.45) is 11.8 Å². The number of benzene rings is 4. The van der Waals surface area contributed by atoms with Gasteiger partial charge in [-0.15, -0.1) is 0 Å². The lowest BCUT2D eigenvalue weighted by Gasteiger charge is -2.32. The van der Waals surface area contributed by atoms with Crippen molar-refractivity contribution in [2.45, 2.75) is 48.3 Å². The lowest BCUT2D eigenvalue weighted by Crippen LogP contribution is -2.36. The number of halogens is 4. The summed E-state index contributed by atoms with van der Waals surface area (Å²) in [5.74, 6) is -2.60. The minimum atomic E-state index is -0.774. The summed E-state index contributed by atoms with van der Waals surface area (Å²) in [5.41, 5.74) is 6.04. The van der Waals surface area contributed by atoms with Gasteiger partial charge in [0.2, 0.25) is 11.8 Å². The van der Waals surface area contributed by atoms with Gasteiger partial charge in [-0.3, -0.25) is 19.2 Å². The zero-order valence-corrected chi connectivity index (χ0v) is 40.5. The first-order valence-electron chi connectivity index (χ1n) is 22.5. The standard InChI is InChI=1S/C52H50Cl4N4O6S/c53-47-39(13-15-45(61)59-21-3-1-4-22-59)41(35-9-7-11-37(29-35)57-25-17-33(18-26-57)51(63)64)31-43(49(47)55)67-44-32-42(36-10-8-12-38(30-36)58-27-19-34(20-28-58)52(65)66)40(48(54)50(44)56)14-16-46(62)60-23-5-2-6-24-60/h1-3,5,7-16,29-34H,4,6,17-28H2,(H,63,64)(H,65,66). The average molecular weight is 1000 g/mol. The van der Waals surface area contributed by atoms with E-state index >= 15 is 0 Å². The number of hydrogen-bond donors (Lipinski definition) is 2. The molecule has 348 valence electrons. The smallest absolute Gasteiger partial charge is 0.306 e. The molecule has 4 aliphatic heterocycles. The van der Waals surface area contributed by atoms with Crippen LogP contribution in [0.15, 0.2) is 107 Å². The molecule has 4 aromatic carbocycles. The SMILES string of the molecule is O=C(O)C1CCN(c2cccc(-c3cc(Sc4cc(-c5cccc(N6CCC(C(=O)O)CC6)c5)c(C=CC(=O)N5CC=CCC5)c(Cl)c4Cl)c(Cl)c(Cl)c3C=CC(=O)N3CC=CCC3)c2)CC1. The van der Waals surface area contributed by atoms with E-state index in [-0.39, 0.29) is 43.7 Å². The molecule has 2 saturated heterocycles. The highest BCUT2D eigenvalue weighted by Crippen LogP contribution is 2.49. The van der Waals surface area contributed by atoms with Crippen molar-refractivity contribution >= 4 is 105 Å². The number of carbonyl (C=O) groups is 4. The van der Waals surface area contributed by atoms with Gasteiger partial charge in [0.05, 0.1) is 31.9 Å². The summed E-state index contributed by atoms with van der Waals surface area (Å²) < 4.78 is 0. The Morgan fingerprint density at radius 3 is 1.30 bits per heavy atom. The fraction of sp³-hybridized carbons (Fsp3) is 0.308. The number of carbonyl (C=O) groups excluding carboxylic acids is 2. The van der Waals surface area contributed by atoms with Gasteiger partial charge >= 0.3 is 11.9 Å². The number of carboxylic acid groups (broad SMARTS) is 2. The maximum atomic E-state index is 13.4. The molecule has 0 aromatic heterocycles. The molecule has 0 aliphatic carbocycles. The Bertz CT molecular complexity index is 2510. The van der Waals surface area contributed by atoms with Gasteiger partial charge in [-0.05, 0) is 109 Å². The van der Waals surface area contributed by atoms with E-state index < -0.39 is 11.9 Å². The molecule has 4 aromatic rings. The molecule has 0 radical (unpaired) electrons. The van der Waals surface area contributed by atoms with E-state index in [4.69, 9.17) is 46.4 Å². The third-order valence-corrected chi connectivity index (χ3v) is 16.0. The maximum Gasteiger partial charge on any atom is 0.306 e. The van der Waals surface area contributed by atoms with E-state index in [0.29, 0.717) is 110 Å². The van der Waals surface area contributed by atoms with Gasteiger partial charge in [-0.2, -0.15) is 0 Å². The van der Waals surface area contributed by atoms with Gasteiger partial charge in [0.1, 0.15) is 0 Å². The molecule has 4 heterocycles. The molecule has 8 rings (SSSR count). The van der Waals surface area contributed by atoms with Gasteiger partial charge in [0.15, 0.2) is 0 Å². The van der Waals surface area contributed by atoms with Gasteiger partial charge in [-0.25, -0.2) is 0 Å². The molecule has 67 heavy (non-hydrogen) atoms. The van der Waals surface area contributed by atoms with E-state index in [0.717, 1.165) is 35.3 Å². The van der Waals surface area contributed by atoms with Crippen LogP contribution in [0.3, 0.4) is 0 Å². The van der Waals surface area contributed by atoms with Crippen molar-refractivity contribution in [1.29, 1.82) is 0 Å². The molecule has 0 saturated carbocycles. The largest absolute Gasteiger partial charge is 0.481 e. The minimum absolute atomic E-state index is 0.151. The monoisotopic (exact) mass is 998 g/mol. The minimum Gasteiger partial charge on any atom is -0.481 e. The molecule has 2 fully saturated rings. The van der Waals surface area contributed by atoms with E-state index in [1.54, 1.807) is 22.0 Å². The fourth-order valence-corrected chi connectivity index (χ4v) is 11.2. The summed E-state index contributed by atoms with van der Waals surface area (Å²) in [6, 6.07) is 19.8. The molecule has 2 N–H and O–H groups in total. The van der Waals surface area contributed by atoms with Gasteiger partial charge in [0, 0.05) is 96.8 Å². The molecule has 2 amide bonds. The van der Waals surface area contributed by atoms with E-state index in [2.05, 4.69) is 22.0 Å². The summed E-state index contributed by atoms with van der Waals surface area (Å²) in [4.78, 5) is 59.3. The van der Waals surface area contributed by atoms with Crippen LogP contribution in [0.2, 0.25) is 20.1 Å². The van der Waals surface area contributed by atoms with Crippen LogP contribution >= 0.6 is 58.2 Å². The zero-order chi connectivity index (χ0) is 47.2. The summed E-state index contributed by atoms with van der Waals surface area (Å²) in [6.45, 7) is 4.63. The normalized spacial score (nSPS) is 17.3. The van der Waals surface area contributed by atoms with Crippen LogP contribution in [0.5, 0.6) is 0 Å². The molecule has 0 spiro atoms. The predicted octanol–water partition coefficient (Wildman–Crippen LogP) is 12.0. The molecule has 4 aliphatic rings. The summed E-state index contributed by atoms with van der Waals surface area (Å²) in [5, 5.41) is 20.2. The Labute approximate surface area is 415 Å². The average Bonchev–Trinajstić information content (AvgIpc) is 3.36. The number of anilines is 2. The van der Waals surface area contributed by atoms with Crippen LogP contribution < -0.4 is 9.80 Å². The quantitative estimate of drug-likeness (QED) is 0.106. The van der Waals surface area contributed by atoms with Crippen LogP contribution in [0.4, 0.5) is 11.4 Å². The van der Waals surface area contributed by atoms with Crippen LogP contribution in [0.1, 0.15) is 49.7 Å². The Morgan fingerprint density at radius 1 is 0.537 bits per heavy atom. The highest BCUT2D eigenvalue weighted by atomic mass is 35.5. The van der Waals surface area contributed by atoms with Crippen LogP contribution in [0, 0.1) is 11.8 Å². The van der Waals surface area contributed by atoms with E-state index in [1.165, 1.54) is 23.9 Å². The van der Waals surface area contributed by atoms with Gasteiger partial charge in [0.25, 0.3) is 0 Å². The van der Waals surface area contributed by atoms with Crippen LogP contribution in [0.25, 0.3) is 34.4 Å². The van der Waals surface area contributed by atoms with Crippen molar-refractivity contribution < 1.29 is 29.4 Å². The van der Waals surface area contributed by atoms with E-state index in [9.17, 15) is 29.4 Å². The number of piperidine rings is 2. The molecule has 10 nitrogen and oxygen atoms in total. The van der Waals surface area contributed by atoms with Crippen LogP contribution in [-0.2, 0) is 19.2 Å². The second-order valence-electron chi connectivity index (χ2n) is 17.1. The molecular weight excluding hydrogens is 950 g/mol. The third kappa shape index (κ3) is 11.2. The zero-order valence-electron chi connectivity index (χ0n) is 36.7. The van der Waals surface area contributed by atoms with Crippen molar-refractivity contribution in [3.05, 3.63) is 128 Å². The van der Waals surface area contributed by atoms with Gasteiger partial charge in [-0.1, -0.05) is 107 Å². The maximum absolute atomic E-state index is 13.4. The molecule has 0 atom stereocenters. The second kappa shape index (κ2) is 21.8. The highest BCUT2D eigenvalue weighted by molar-refractivity contribution is 7.99. The van der Waals surface area contributed by atoms with Crippen molar-refractivity contribution in [3.8, 4) is 22.3 Å². The van der Waals surface area contributed by atoms with Gasteiger partial charge < -0.3 is 29.8 Å². The Balaban J connectivity index is 1.20. The topological polar surface area (TPSA) is 122 Å².